The van der Waals surface area contributed by atoms with Crippen molar-refractivity contribution in [3.63, 3.8) is 0 Å². The summed E-state index contributed by atoms with van der Waals surface area (Å²) in [7, 11) is 1.78. The van der Waals surface area contributed by atoms with Crippen LogP contribution in [0.2, 0.25) is 0 Å². The second-order valence-corrected chi connectivity index (χ2v) is 6.23. The average molecular weight is 387 g/mol. The first-order valence-electron chi connectivity index (χ1n) is 7.09. The number of H-pyrrole nitrogens is 1. The van der Waals surface area contributed by atoms with Gasteiger partial charge in [0.25, 0.3) is 5.56 Å². The lowest BCUT2D eigenvalue weighted by molar-refractivity contribution is 0.385. The minimum atomic E-state index is -0.267. The minimum Gasteiger partial charge on any atom is -0.339 e. The van der Waals surface area contributed by atoms with Crippen molar-refractivity contribution in [2.75, 3.05) is 0 Å². The minimum absolute atomic E-state index is 0.247. The Kier molecular flexibility index (Phi) is 3.49. The number of aryl methyl sites for hydroxylation is 1. The second-order valence-electron chi connectivity index (χ2n) is 5.32. The molecule has 0 aliphatic heterocycles. The highest BCUT2D eigenvalue weighted by atomic mass is 79.9. The third-order valence-corrected chi connectivity index (χ3v) is 3.99. The summed E-state index contributed by atoms with van der Waals surface area (Å²) in [5, 5.41) is 12.6. The molecule has 0 aliphatic carbocycles. The molecular weight excluding hydrogens is 376 g/mol. The highest BCUT2D eigenvalue weighted by Crippen LogP contribution is 2.21. The monoisotopic (exact) mass is 386 g/mol. The number of nitrogens with one attached hydrogen (secondary N) is 1. The standard InChI is InChI=1S/C15H11BrN6O2/c1-22-7-10(19-21-22)6-13-18-14(20-24-13)11-5-8-4-9(16)2-3-12(8)17-15(11)23/h2-5,7H,6H2,1H3,(H,17,23). The normalized spacial score (nSPS) is 11.2. The first-order chi connectivity index (χ1) is 11.6. The summed E-state index contributed by atoms with van der Waals surface area (Å²) < 4.78 is 7.74. The van der Waals surface area contributed by atoms with Crippen LogP contribution in [-0.2, 0) is 13.5 Å². The predicted octanol–water partition coefficient (Wildman–Crippen LogP) is 2.06. The van der Waals surface area contributed by atoms with Gasteiger partial charge in [-0.1, -0.05) is 26.3 Å². The molecule has 1 N–H and O–H groups in total. The summed E-state index contributed by atoms with van der Waals surface area (Å²) in [5.41, 5.74) is 1.55. The number of aromatic nitrogens is 6. The summed E-state index contributed by atoms with van der Waals surface area (Å²) >= 11 is 3.42. The van der Waals surface area contributed by atoms with Crippen LogP contribution in [0.1, 0.15) is 11.6 Å². The van der Waals surface area contributed by atoms with Crippen LogP contribution < -0.4 is 5.56 Å². The number of rotatable bonds is 3. The van der Waals surface area contributed by atoms with Crippen molar-refractivity contribution in [3.05, 3.63) is 56.9 Å². The molecule has 3 heterocycles. The molecule has 0 saturated carbocycles. The Hall–Kier alpha value is -2.81. The Morgan fingerprint density at radius 1 is 1.33 bits per heavy atom. The molecule has 4 rings (SSSR count). The summed E-state index contributed by atoms with van der Waals surface area (Å²) in [6.07, 6.45) is 2.13. The molecule has 0 spiro atoms. The average Bonchev–Trinajstić information content (AvgIpc) is 3.17. The van der Waals surface area contributed by atoms with Crippen molar-refractivity contribution < 1.29 is 4.52 Å². The van der Waals surface area contributed by atoms with Crippen LogP contribution in [0, 0.1) is 0 Å². The molecule has 8 nitrogen and oxygen atoms in total. The molecule has 0 radical (unpaired) electrons. The topological polar surface area (TPSA) is 102 Å². The van der Waals surface area contributed by atoms with E-state index in [-0.39, 0.29) is 11.4 Å². The van der Waals surface area contributed by atoms with Gasteiger partial charge in [-0.15, -0.1) is 5.10 Å². The molecule has 0 atom stereocenters. The number of aromatic amines is 1. The van der Waals surface area contributed by atoms with Gasteiger partial charge >= 0.3 is 0 Å². The van der Waals surface area contributed by atoms with Crippen molar-refractivity contribution in [1.82, 2.24) is 30.1 Å². The SMILES string of the molecule is Cn1cc(Cc2nc(-c3cc4cc(Br)ccc4[nH]c3=O)no2)nn1. The van der Waals surface area contributed by atoms with Gasteiger partial charge in [-0.3, -0.25) is 9.48 Å². The molecule has 0 amide bonds. The molecule has 0 saturated heterocycles. The largest absolute Gasteiger partial charge is 0.339 e. The Bertz CT molecular complexity index is 1100. The fourth-order valence-electron chi connectivity index (χ4n) is 2.41. The third-order valence-electron chi connectivity index (χ3n) is 3.50. The Morgan fingerprint density at radius 2 is 2.21 bits per heavy atom. The summed E-state index contributed by atoms with van der Waals surface area (Å²) in [6, 6.07) is 7.36. The lowest BCUT2D eigenvalue weighted by Gasteiger charge is -2.00. The van der Waals surface area contributed by atoms with Crippen LogP contribution in [0.5, 0.6) is 0 Å². The van der Waals surface area contributed by atoms with Gasteiger partial charge in [0, 0.05) is 28.6 Å². The Labute approximate surface area is 143 Å². The van der Waals surface area contributed by atoms with Crippen molar-refractivity contribution in [2.24, 2.45) is 7.05 Å². The van der Waals surface area contributed by atoms with Gasteiger partial charge in [0.05, 0.1) is 17.7 Å². The summed E-state index contributed by atoms with van der Waals surface area (Å²) in [6.45, 7) is 0. The molecule has 0 bridgehead atoms. The molecule has 1 aromatic carbocycles. The highest BCUT2D eigenvalue weighted by molar-refractivity contribution is 9.10. The number of nitrogens with zero attached hydrogens (tertiary/aromatic N) is 5. The fourth-order valence-corrected chi connectivity index (χ4v) is 2.79. The van der Waals surface area contributed by atoms with Gasteiger partial charge in [-0.2, -0.15) is 4.98 Å². The van der Waals surface area contributed by atoms with E-state index in [4.69, 9.17) is 4.52 Å². The van der Waals surface area contributed by atoms with Gasteiger partial charge < -0.3 is 9.51 Å². The number of fused-ring (bicyclic) bond motifs is 1. The van der Waals surface area contributed by atoms with E-state index in [0.29, 0.717) is 23.6 Å². The molecule has 24 heavy (non-hydrogen) atoms. The number of hydrogen-bond donors (Lipinski definition) is 1. The van der Waals surface area contributed by atoms with E-state index in [1.807, 2.05) is 18.2 Å². The number of hydrogen-bond acceptors (Lipinski definition) is 6. The third kappa shape index (κ3) is 2.73. The molecule has 0 aliphatic rings. The van der Waals surface area contributed by atoms with E-state index in [9.17, 15) is 4.79 Å². The van der Waals surface area contributed by atoms with Gasteiger partial charge in [-0.25, -0.2) is 0 Å². The predicted molar refractivity (Wildman–Crippen MR) is 89.4 cm³/mol. The molecular formula is C15H11BrN6O2. The van der Waals surface area contributed by atoms with Crippen LogP contribution >= 0.6 is 15.9 Å². The first-order valence-corrected chi connectivity index (χ1v) is 7.88. The lowest BCUT2D eigenvalue weighted by atomic mass is 10.1. The van der Waals surface area contributed by atoms with E-state index < -0.39 is 0 Å². The van der Waals surface area contributed by atoms with Crippen molar-refractivity contribution >= 4 is 26.8 Å². The van der Waals surface area contributed by atoms with E-state index >= 15 is 0 Å². The summed E-state index contributed by atoms with van der Waals surface area (Å²) in [4.78, 5) is 19.4. The van der Waals surface area contributed by atoms with Crippen LogP contribution in [-0.4, -0.2) is 30.1 Å². The molecule has 0 fully saturated rings. The van der Waals surface area contributed by atoms with Crippen LogP contribution in [0.3, 0.4) is 0 Å². The number of pyridine rings is 1. The van der Waals surface area contributed by atoms with Gasteiger partial charge in [0.15, 0.2) is 0 Å². The number of halogens is 1. The second kappa shape index (κ2) is 5.68. The molecule has 0 unspecified atom stereocenters. The van der Waals surface area contributed by atoms with Crippen LogP contribution in [0.25, 0.3) is 22.3 Å². The van der Waals surface area contributed by atoms with Crippen LogP contribution in [0.15, 0.2) is 44.3 Å². The zero-order valence-corrected chi connectivity index (χ0v) is 14.1. The zero-order valence-electron chi connectivity index (χ0n) is 12.5. The van der Waals surface area contributed by atoms with Gasteiger partial charge in [-0.05, 0) is 24.3 Å². The maximum Gasteiger partial charge on any atom is 0.259 e. The fraction of sp³-hybridized carbons (Fsp3) is 0.133. The van der Waals surface area contributed by atoms with Gasteiger partial charge in [0.1, 0.15) is 0 Å². The van der Waals surface area contributed by atoms with E-state index in [2.05, 4.69) is 41.4 Å². The van der Waals surface area contributed by atoms with Crippen molar-refractivity contribution in [1.29, 1.82) is 0 Å². The molecule has 4 aromatic rings. The van der Waals surface area contributed by atoms with Crippen LogP contribution in [0.4, 0.5) is 0 Å². The van der Waals surface area contributed by atoms with Gasteiger partial charge in [0.2, 0.25) is 11.7 Å². The van der Waals surface area contributed by atoms with E-state index in [1.165, 1.54) is 0 Å². The highest BCUT2D eigenvalue weighted by Gasteiger charge is 2.14. The van der Waals surface area contributed by atoms with E-state index in [1.54, 1.807) is 24.0 Å². The van der Waals surface area contributed by atoms with Crippen molar-refractivity contribution in [3.8, 4) is 11.4 Å². The lowest BCUT2D eigenvalue weighted by Crippen LogP contribution is -2.09. The van der Waals surface area contributed by atoms with Crippen molar-refractivity contribution in [2.45, 2.75) is 6.42 Å². The number of benzene rings is 1. The summed E-state index contributed by atoms with van der Waals surface area (Å²) in [5.74, 6) is 0.622. The molecule has 9 heteroatoms. The first kappa shape index (κ1) is 14.8. The Morgan fingerprint density at radius 3 is 3.00 bits per heavy atom. The maximum atomic E-state index is 12.3. The quantitative estimate of drug-likeness (QED) is 0.577. The Balaban J connectivity index is 1.72. The molecule has 3 aromatic heterocycles. The maximum absolute atomic E-state index is 12.3. The smallest absolute Gasteiger partial charge is 0.259 e. The molecule has 120 valence electrons. The zero-order chi connectivity index (χ0) is 16.7. The van der Waals surface area contributed by atoms with E-state index in [0.717, 1.165) is 15.4 Å².